The van der Waals surface area contributed by atoms with Gasteiger partial charge in [-0.05, 0) is 18.2 Å². The molecule has 1 aromatic carbocycles. The van der Waals surface area contributed by atoms with Gasteiger partial charge in [0.2, 0.25) is 0 Å². The van der Waals surface area contributed by atoms with Crippen molar-refractivity contribution in [2.75, 3.05) is 0 Å². The first-order chi connectivity index (χ1) is 10.2. The highest BCUT2D eigenvalue weighted by atomic mass is 35.5. The number of imidazole rings is 2. The molecule has 106 valence electrons. The molecule has 7 heteroatoms. The predicted octanol–water partition coefficient (Wildman–Crippen LogP) is 3.24. The number of hydrogen-bond acceptors (Lipinski definition) is 3. The third-order valence-corrected chi connectivity index (χ3v) is 3.76. The van der Waals surface area contributed by atoms with Gasteiger partial charge >= 0.3 is 0 Å². The number of aldehydes is 1. The molecule has 0 aliphatic rings. The molecule has 0 aliphatic heterocycles. The van der Waals surface area contributed by atoms with Crippen molar-refractivity contribution in [3.05, 3.63) is 64.7 Å². The van der Waals surface area contributed by atoms with Gasteiger partial charge in [0, 0.05) is 24.3 Å². The Balaban J connectivity index is 1.86. The Morgan fingerprint density at radius 3 is 2.81 bits per heavy atom. The molecule has 0 amide bonds. The summed E-state index contributed by atoms with van der Waals surface area (Å²) in [7, 11) is 0. The fraction of sp³-hybridized carbons (Fsp3) is 0.0714. The Morgan fingerprint density at radius 2 is 2.05 bits per heavy atom. The molecule has 2 heterocycles. The van der Waals surface area contributed by atoms with Crippen molar-refractivity contribution in [2.24, 2.45) is 0 Å². The van der Waals surface area contributed by atoms with E-state index in [1.807, 2.05) is 16.8 Å². The summed E-state index contributed by atoms with van der Waals surface area (Å²) in [5, 5.41) is 0.997. The molecular formula is C14H10Cl2N4O. The fourth-order valence-corrected chi connectivity index (χ4v) is 2.27. The van der Waals surface area contributed by atoms with Crippen molar-refractivity contribution in [3.63, 3.8) is 0 Å². The summed E-state index contributed by atoms with van der Waals surface area (Å²) < 4.78 is 3.57. The molecule has 5 nitrogen and oxygen atoms in total. The van der Waals surface area contributed by atoms with E-state index in [1.165, 1.54) is 0 Å². The van der Waals surface area contributed by atoms with E-state index in [9.17, 15) is 4.79 Å². The smallest absolute Gasteiger partial charge is 0.185 e. The van der Waals surface area contributed by atoms with Crippen LogP contribution in [-0.2, 0) is 6.54 Å². The first kappa shape index (κ1) is 13.9. The highest BCUT2D eigenvalue weighted by molar-refractivity contribution is 6.42. The van der Waals surface area contributed by atoms with Crippen molar-refractivity contribution in [2.45, 2.75) is 6.54 Å². The lowest BCUT2D eigenvalue weighted by atomic mass is 10.3. The normalized spacial score (nSPS) is 10.8. The standard InChI is InChI=1S/C14H10Cl2N4O/c15-12-2-1-11(5-13(12)16)20-7-10(18-9-20)6-19-4-3-17-14(19)8-21/h1-5,7-9H,6H2. The molecule has 0 radical (unpaired) electrons. The summed E-state index contributed by atoms with van der Waals surface area (Å²) in [6, 6.07) is 5.36. The van der Waals surface area contributed by atoms with Crippen LogP contribution in [0, 0.1) is 0 Å². The summed E-state index contributed by atoms with van der Waals surface area (Å²) in [6.07, 6.45) is 7.60. The van der Waals surface area contributed by atoms with Gasteiger partial charge in [-0.1, -0.05) is 23.2 Å². The molecule has 0 saturated heterocycles. The first-order valence-electron chi connectivity index (χ1n) is 6.12. The van der Waals surface area contributed by atoms with Crippen LogP contribution in [0.25, 0.3) is 5.69 Å². The lowest BCUT2D eigenvalue weighted by Crippen LogP contribution is -2.03. The van der Waals surface area contributed by atoms with E-state index < -0.39 is 0 Å². The molecule has 21 heavy (non-hydrogen) atoms. The van der Waals surface area contributed by atoms with Crippen molar-refractivity contribution in [1.82, 2.24) is 19.1 Å². The molecule has 0 unspecified atom stereocenters. The SMILES string of the molecule is O=Cc1nccn1Cc1cn(-c2ccc(Cl)c(Cl)c2)cn1. The van der Waals surface area contributed by atoms with Gasteiger partial charge in [0.1, 0.15) is 0 Å². The van der Waals surface area contributed by atoms with Gasteiger partial charge in [0.15, 0.2) is 12.1 Å². The van der Waals surface area contributed by atoms with E-state index in [4.69, 9.17) is 23.2 Å². The van der Waals surface area contributed by atoms with Gasteiger partial charge in [-0.3, -0.25) is 4.79 Å². The number of hydrogen-bond donors (Lipinski definition) is 0. The molecule has 0 fully saturated rings. The molecular weight excluding hydrogens is 311 g/mol. The Hall–Kier alpha value is -2.11. The van der Waals surface area contributed by atoms with Crippen LogP contribution in [0.15, 0.2) is 43.1 Å². The Labute approximate surface area is 130 Å². The van der Waals surface area contributed by atoms with E-state index in [2.05, 4.69) is 9.97 Å². The van der Waals surface area contributed by atoms with E-state index >= 15 is 0 Å². The van der Waals surface area contributed by atoms with Crippen LogP contribution in [0.3, 0.4) is 0 Å². The molecule has 0 bridgehead atoms. The van der Waals surface area contributed by atoms with Crippen LogP contribution < -0.4 is 0 Å². The topological polar surface area (TPSA) is 52.7 Å². The van der Waals surface area contributed by atoms with Crippen LogP contribution in [0.2, 0.25) is 10.0 Å². The maximum Gasteiger partial charge on any atom is 0.185 e. The second-order valence-corrected chi connectivity index (χ2v) is 5.22. The largest absolute Gasteiger partial charge is 0.323 e. The van der Waals surface area contributed by atoms with Crippen LogP contribution in [0.1, 0.15) is 16.3 Å². The zero-order valence-electron chi connectivity index (χ0n) is 10.8. The van der Waals surface area contributed by atoms with E-state index in [1.54, 1.807) is 35.4 Å². The minimum absolute atomic E-state index is 0.374. The maximum atomic E-state index is 10.8. The summed E-state index contributed by atoms with van der Waals surface area (Å²) in [6.45, 7) is 0.475. The number of rotatable bonds is 4. The number of carbonyl (C=O) groups excluding carboxylic acids is 1. The lowest BCUT2D eigenvalue weighted by molar-refractivity contribution is 0.111. The monoisotopic (exact) mass is 320 g/mol. The van der Waals surface area contributed by atoms with Gasteiger partial charge in [0.25, 0.3) is 0 Å². The van der Waals surface area contributed by atoms with E-state index in [-0.39, 0.29) is 0 Å². The van der Waals surface area contributed by atoms with E-state index in [0.717, 1.165) is 17.7 Å². The highest BCUT2D eigenvalue weighted by Crippen LogP contribution is 2.24. The molecule has 0 aliphatic carbocycles. The molecule has 2 aromatic heterocycles. The van der Waals surface area contributed by atoms with E-state index in [0.29, 0.717) is 22.4 Å². The number of benzene rings is 1. The Bertz CT molecular complexity index is 794. The number of halogens is 2. The quantitative estimate of drug-likeness (QED) is 0.693. The summed E-state index contributed by atoms with van der Waals surface area (Å²) >= 11 is 11.9. The second-order valence-electron chi connectivity index (χ2n) is 4.40. The molecule has 0 N–H and O–H groups in total. The van der Waals surface area contributed by atoms with Crippen LogP contribution in [0.5, 0.6) is 0 Å². The van der Waals surface area contributed by atoms with Gasteiger partial charge in [-0.25, -0.2) is 9.97 Å². The van der Waals surface area contributed by atoms with Crippen LogP contribution in [-0.4, -0.2) is 25.4 Å². The van der Waals surface area contributed by atoms with Crippen LogP contribution >= 0.6 is 23.2 Å². The summed E-state index contributed by atoms with van der Waals surface area (Å²) in [5.74, 6) is 0.374. The zero-order chi connectivity index (χ0) is 14.8. The average molecular weight is 321 g/mol. The van der Waals surface area contributed by atoms with Gasteiger partial charge in [-0.15, -0.1) is 0 Å². The first-order valence-corrected chi connectivity index (χ1v) is 6.87. The molecule has 3 rings (SSSR count). The summed E-state index contributed by atoms with van der Waals surface area (Å²) in [5.41, 5.74) is 1.67. The average Bonchev–Trinajstić information content (AvgIpc) is 3.11. The van der Waals surface area contributed by atoms with Crippen molar-refractivity contribution in [1.29, 1.82) is 0 Å². The number of nitrogens with zero attached hydrogens (tertiary/aromatic N) is 4. The summed E-state index contributed by atoms with van der Waals surface area (Å²) in [4.78, 5) is 19.1. The van der Waals surface area contributed by atoms with Crippen molar-refractivity contribution < 1.29 is 4.79 Å². The van der Waals surface area contributed by atoms with Gasteiger partial charge in [0.05, 0.1) is 28.6 Å². The third-order valence-electron chi connectivity index (χ3n) is 3.02. The fourth-order valence-electron chi connectivity index (χ4n) is 1.98. The van der Waals surface area contributed by atoms with Crippen molar-refractivity contribution in [3.8, 4) is 5.69 Å². The van der Waals surface area contributed by atoms with Crippen molar-refractivity contribution >= 4 is 29.5 Å². The third kappa shape index (κ3) is 2.84. The molecule has 0 spiro atoms. The lowest BCUT2D eigenvalue weighted by Gasteiger charge is -2.03. The number of carbonyl (C=O) groups is 1. The Morgan fingerprint density at radius 1 is 1.19 bits per heavy atom. The van der Waals surface area contributed by atoms with Gasteiger partial charge in [-0.2, -0.15) is 0 Å². The Kier molecular flexibility index (Phi) is 3.77. The predicted molar refractivity (Wildman–Crippen MR) is 80.3 cm³/mol. The maximum absolute atomic E-state index is 10.8. The molecule has 0 saturated carbocycles. The van der Waals surface area contributed by atoms with Gasteiger partial charge < -0.3 is 9.13 Å². The minimum atomic E-state index is 0.374. The highest BCUT2D eigenvalue weighted by Gasteiger charge is 2.06. The minimum Gasteiger partial charge on any atom is -0.323 e. The van der Waals surface area contributed by atoms with Crippen LogP contribution in [0.4, 0.5) is 0 Å². The second kappa shape index (κ2) is 5.71. The number of aromatic nitrogens is 4. The molecule has 0 atom stereocenters. The zero-order valence-corrected chi connectivity index (χ0v) is 12.3. The molecule has 3 aromatic rings.